The molecular formula is C16H33N. The Morgan fingerprint density at radius 3 is 2.29 bits per heavy atom. The summed E-state index contributed by atoms with van der Waals surface area (Å²) in [4.78, 5) is 0. The Labute approximate surface area is 109 Å². The van der Waals surface area contributed by atoms with E-state index in [9.17, 15) is 0 Å². The van der Waals surface area contributed by atoms with Crippen LogP contribution in [-0.2, 0) is 0 Å². The van der Waals surface area contributed by atoms with Gasteiger partial charge in [0.25, 0.3) is 0 Å². The molecule has 17 heavy (non-hydrogen) atoms. The van der Waals surface area contributed by atoms with Gasteiger partial charge in [0.1, 0.15) is 0 Å². The molecule has 0 bridgehead atoms. The maximum absolute atomic E-state index is 6.10. The van der Waals surface area contributed by atoms with Crippen molar-refractivity contribution in [1.29, 1.82) is 0 Å². The lowest BCUT2D eigenvalue weighted by Crippen LogP contribution is -2.36. The normalized spacial score (nSPS) is 31.4. The van der Waals surface area contributed by atoms with E-state index in [2.05, 4.69) is 20.8 Å². The molecule has 1 nitrogen and oxygen atoms in total. The predicted molar refractivity (Wildman–Crippen MR) is 77.0 cm³/mol. The second-order valence-electron chi connectivity index (χ2n) is 6.53. The van der Waals surface area contributed by atoms with Gasteiger partial charge in [-0.15, -0.1) is 0 Å². The minimum Gasteiger partial charge on any atom is -0.330 e. The highest BCUT2D eigenvalue weighted by molar-refractivity contribution is 4.87. The van der Waals surface area contributed by atoms with Gasteiger partial charge in [0.2, 0.25) is 0 Å². The van der Waals surface area contributed by atoms with E-state index in [1.807, 2.05) is 0 Å². The lowest BCUT2D eigenvalue weighted by atomic mass is 9.65. The van der Waals surface area contributed by atoms with Crippen molar-refractivity contribution in [2.24, 2.45) is 23.0 Å². The molecule has 0 aromatic carbocycles. The van der Waals surface area contributed by atoms with Gasteiger partial charge >= 0.3 is 0 Å². The molecule has 1 unspecified atom stereocenters. The highest BCUT2D eigenvalue weighted by Crippen LogP contribution is 2.44. The van der Waals surface area contributed by atoms with Gasteiger partial charge in [0, 0.05) is 0 Å². The van der Waals surface area contributed by atoms with Crippen molar-refractivity contribution < 1.29 is 0 Å². The van der Waals surface area contributed by atoms with Crippen LogP contribution in [0.1, 0.15) is 78.6 Å². The van der Waals surface area contributed by atoms with Crippen LogP contribution in [0.4, 0.5) is 0 Å². The maximum Gasteiger partial charge on any atom is -0.00204 e. The fraction of sp³-hybridized carbons (Fsp3) is 1.00. The Kier molecular flexibility index (Phi) is 6.54. The molecule has 0 aliphatic heterocycles. The van der Waals surface area contributed by atoms with Gasteiger partial charge in [0.05, 0.1) is 0 Å². The lowest BCUT2D eigenvalue weighted by Gasteiger charge is -2.41. The van der Waals surface area contributed by atoms with Crippen LogP contribution in [0.3, 0.4) is 0 Å². The van der Waals surface area contributed by atoms with Crippen molar-refractivity contribution in [2.45, 2.75) is 78.6 Å². The molecule has 1 aliphatic carbocycles. The van der Waals surface area contributed by atoms with E-state index >= 15 is 0 Å². The van der Waals surface area contributed by atoms with E-state index in [4.69, 9.17) is 5.73 Å². The minimum absolute atomic E-state index is 0.499. The van der Waals surface area contributed by atoms with Crippen molar-refractivity contribution in [3.05, 3.63) is 0 Å². The van der Waals surface area contributed by atoms with Crippen molar-refractivity contribution in [2.75, 3.05) is 6.54 Å². The van der Waals surface area contributed by atoms with Crippen LogP contribution in [0.5, 0.6) is 0 Å². The quantitative estimate of drug-likeness (QED) is 0.682. The summed E-state index contributed by atoms with van der Waals surface area (Å²) in [5.74, 6) is 1.87. The maximum atomic E-state index is 6.10. The standard InChI is InChI=1S/C16H33N/c1-4-6-14(3)12-16(13-17)10-8-15(7-5-2)9-11-16/h14-15H,4-13,17H2,1-3H3. The zero-order valence-corrected chi connectivity index (χ0v) is 12.3. The predicted octanol–water partition coefficient (Wildman–Crippen LogP) is 4.75. The summed E-state index contributed by atoms with van der Waals surface area (Å²) in [6, 6.07) is 0. The number of hydrogen-bond acceptors (Lipinski definition) is 1. The molecule has 102 valence electrons. The third kappa shape index (κ3) is 4.62. The molecule has 1 heteroatoms. The topological polar surface area (TPSA) is 26.0 Å². The highest BCUT2D eigenvalue weighted by Gasteiger charge is 2.34. The number of rotatable bonds is 7. The Morgan fingerprint density at radius 1 is 1.18 bits per heavy atom. The molecule has 0 amide bonds. The van der Waals surface area contributed by atoms with Gasteiger partial charge in [-0.2, -0.15) is 0 Å². The van der Waals surface area contributed by atoms with Crippen LogP contribution in [0.2, 0.25) is 0 Å². The molecular weight excluding hydrogens is 206 g/mol. The first-order chi connectivity index (χ1) is 8.15. The molecule has 0 heterocycles. The van der Waals surface area contributed by atoms with Crippen LogP contribution < -0.4 is 5.73 Å². The van der Waals surface area contributed by atoms with Crippen LogP contribution >= 0.6 is 0 Å². The molecule has 0 saturated heterocycles. The van der Waals surface area contributed by atoms with E-state index < -0.39 is 0 Å². The van der Waals surface area contributed by atoms with Crippen LogP contribution in [0, 0.1) is 17.3 Å². The summed E-state index contributed by atoms with van der Waals surface area (Å²) in [5, 5.41) is 0. The zero-order valence-electron chi connectivity index (χ0n) is 12.3. The Morgan fingerprint density at radius 2 is 1.82 bits per heavy atom. The first kappa shape index (κ1) is 15.0. The largest absolute Gasteiger partial charge is 0.330 e. The number of nitrogens with two attached hydrogens (primary N) is 1. The molecule has 1 atom stereocenters. The third-order valence-corrected chi connectivity index (χ3v) is 4.86. The minimum atomic E-state index is 0.499. The van der Waals surface area contributed by atoms with Crippen LogP contribution in [-0.4, -0.2) is 6.54 Å². The first-order valence-electron chi connectivity index (χ1n) is 7.86. The molecule has 0 aromatic rings. The van der Waals surface area contributed by atoms with Gasteiger partial charge in [-0.25, -0.2) is 0 Å². The summed E-state index contributed by atoms with van der Waals surface area (Å²) in [6.45, 7) is 7.94. The van der Waals surface area contributed by atoms with E-state index in [-0.39, 0.29) is 0 Å². The smallest absolute Gasteiger partial charge is 0.00204 e. The monoisotopic (exact) mass is 239 g/mol. The van der Waals surface area contributed by atoms with Gasteiger partial charge < -0.3 is 5.73 Å². The van der Waals surface area contributed by atoms with Gasteiger partial charge in [-0.05, 0) is 55.9 Å². The average molecular weight is 239 g/mol. The molecule has 0 spiro atoms. The molecule has 2 N–H and O–H groups in total. The second-order valence-corrected chi connectivity index (χ2v) is 6.53. The highest BCUT2D eigenvalue weighted by atomic mass is 14.6. The van der Waals surface area contributed by atoms with E-state index in [1.54, 1.807) is 0 Å². The molecule has 1 saturated carbocycles. The fourth-order valence-electron chi connectivity index (χ4n) is 3.81. The number of hydrogen-bond donors (Lipinski definition) is 1. The summed E-state index contributed by atoms with van der Waals surface area (Å²) in [6.07, 6.45) is 12.5. The van der Waals surface area contributed by atoms with Crippen LogP contribution in [0.15, 0.2) is 0 Å². The summed E-state index contributed by atoms with van der Waals surface area (Å²) in [5.41, 5.74) is 6.60. The van der Waals surface area contributed by atoms with E-state index in [0.717, 1.165) is 18.4 Å². The molecule has 1 rings (SSSR count). The van der Waals surface area contributed by atoms with Gasteiger partial charge in [0.15, 0.2) is 0 Å². The zero-order chi connectivity index (χ0) is 12.7. The molecule has 0 radical (unpaired) electrons. The Balaban J connectivity index is 2.43. The van der Waals surface area contributed by atoms with Crippen molar-refractivity contribution in [3.63, 3.8) is 0 Å². The summed E-state index contributed by atoms with van der Waals surface area (Å²) < 4.78 is 0. The average Bonchev–Trinajstić information content (AvgIpc) is 2.32. The van der Waals surface area contributed by atoms with Gasteiger partial charge in [-0.3, -0.25) is 0 Å². The summed E-state index contributed by atoms with van der Waals surface area (Å²) in [7, 11) is 0. The Hall–Kier alpha value is -0.0400. The second kappa shape index (κ2) is 7.41. The van der Waals surface area contributed by atoms with Crippen molar-refractivity contribution in [3.8, 4) is 0 Å². The van der Waals surface area contributed by atoms with E-state index in [1.165, 1.54) is 57.8 Å². The fourth-order valence-corrected chi connectivity index (χ4v) is 3.81. The van der Waals surface area contributed by atoms with Crippen LogP contribution in [0.25, 0.3) is 0 Å². The van der Waals surface area contributed by atoms with E-state index in [0.29, 0.717) is 5.41 Å². The third-order valence-electron chi connectivity index (χ3n) is 4.86. The van der Waals surface area contributed by atoms with Gasteiger partial charge in [-0.1, -0.05) is 46.5 Å². The first-order valence-corrected chi connectivity index (χ1v) is 7.86. The molecule has 1 aliphatic rings. The molecule has 1 fully saturated rings. The Bertz CT molecular complexity index is 192. The van der Waals surface area contributed by atoms with Crippen molar-refractivity contribution in [1.82, 2.24) is 0 Å². The SMILES string of the molecule is CCCC(C)CC1(CN)CCC(CCC)CC1. The summed E-state index contributed by atoms with van der Waals surface area (Å²) >= 11 is 0. The molecule has 0 aromatic heterocycles. The van der Waals surface area contributed by atoms with Crippen molar-refractivity contribution >= 4 is 0 Å². The lowest BCUT2D eigenvalue weighted by molar-refractivity contribution is 0.117.